The van der Waals surface area contributed by atoms with Crippen molar-refractivity contribution in [2.75, 3.05) is 13.7 Å². The molecule has 1 aromatic carbocycles. The summed E-state index contributed by atoms with van der Waals surface area (Å²) in [5, 5.41) is 8.99. The van der Waals surface area contributed by atoms with Crippen molar-refractivity contribution in [1.29, 1.82) is 0 Å². The van der Waals surface area contributed by atoms with Crippen LogP contribution >= 0.6 is 15.9 Å². The average Bonchev–Trinajstić information content (AvgIpc) is 2.20. The van der Waals surface area contributed by atoms with Crippen molar-refractivity contribution in [3.8, 4) is 5.75 Å². The van der Waals surface area contributed by atoms with Crippen LogP contribution in [0.15, 0.2) is 16.6 Å². The van der Waals surface area contributed by atoms with Crippen LogP contribution in [0.5, 0.6) is 5.75 Å². The Labute approximate surface area is 90.8 Å². The lowest BCUT2D eigenvalue weighted by molar-refractivity contribution is 0.266. The van der Waals surface area contributed by atoms with E-state index in [1.54, 1.807) is 19.1 Å². The Morgan fingerprint density at radius 1 is 1.57 bits per heavy atom. The molecule has 4 heteroatoms. The number of aliphatic hydroxyl groups excluding tert-OH is 1. The third-order valence-corrected chi connectivity index (χ3v) is 2.69. The molecule has 0 amide bonds. The van der Waals surface area contributed by atoms with E-state index in [4.69, 9.17) is 9.84 Å². The monoisotopic (exact) mass is 262 g/mol. The molecule has 1 atom stereocenters. The summed E-state index contributed by atoms with van der Waals surface area (Å²) in [6.45, 7) is 1.64. The quantitative estimate of drug-likeness (QED) is 0.908. The second-order valence-electron chi connectivity index (χ2n) is 3.06. The Kier molecular flexibility index (Phi) is 3.89. The van der Waals surface area contributed by atoms with Gasteiger partial charge in [0.1, 0.15) is 11.6 Å². The summed E-state index contributed by atoms with van der Waals surface area (Å²) in [4.78, 5) is 0. The van der Waals surface area contributed by atoms with Crippen LogP contribution in [0.1, 0.15) is 18.4 Å². The van der Waals surface area contributed by atoms with Gasteiger partial charge in [-0.05, 0) is 28.1 Å². The van der Waals surface area contributed by atoms with Crippen molar-refractivity contribution < 1.29 is 14.2 Å². The lowest BCUT2D eigenvalue weighted by Crippen LogP contribution is -2.05. The van der Waals surface area contributed by atoms with Gasteiger partial charge in [-0.25, -0.2) is 4.39 Å². The van der Waals surface area contributed by atoms with Crippen LogP contribution in [0.25, 0.3) is 0 Å². The van der Waals surface area contributed by atoms with Crippen molar-refractivity contribution in [3.05, 3.63) is 28.0 Å². The molecule has 0 bridgehead atoms. The zero-order valence-electron chi connectivity index (χ0n) is 8.05. The first kappa shape index (κ1) is 11.5. The van der Waals surface area contributed by atoms with Gasteiger partial charge in [0.2, 0.25) is 0 Å². The Morgan fingerprint density at radius 2 is 2.21 bits per heavy atom. The van der Waals surface area contributed by atoms with Gasteiger partial charge in [-0.1, -0.05) is 6.92 Å². The molecule has 0 aromatic heterocycles. The largest absolute Gasteiger partial charge is 0.496 e. The number of aliphatic hydroxyl groups is 1. The Morgan fingerprint density at radius 3 is 2.71 bits per heavy atom. The molecule has 78 valence electrons. The summed E-state index contributed by atoms with van der Waals surface area (Å²) in [7, 11) is 1.48. The van der Waals surface area contributed by atoms with E-state index in [9.17, 15) is 4.39 Å². The maximum Gasteiger partial charge on any atom is 0.144 e. The van der Waals surface area contributed by atoms with Gasteiger partial charge in [0, 0.05) is 18.1 Å². The minimum Gasteiger partial charge on any atom is -0.496 e. The molecule has 1 unspecified atom stereocenters. The zero-order chi connectivity index (χ0) is 10.7. The number of rotatable bonds is 3. The van der Waals surface area contributed by atoms with Crippen molar-refractivity contribution in [3.63, 3.8) is 0 Å². The van der Waals surface area contributed by atoms with E-state index in [-0.39, 0.29) is 18.3 Å². The molecular formula is C10H12BrFO2. The van der Waals surface area contributed by atoms with Crippen LogP contribution in [0.3, 0.4) is 0 Å². The normalized spacial score (nSPS) is 12.6. The van der Waals surface area contributed by atoms with E-state index in [1.165, 1.54) is 7.11 Å². The summed E-state index contributed by atoms with van der Waals surface area (Å²) in [5.74, 6) is -0.180. The topological polar surface area (TPSA) is 29.5 Å². The molecule has 0 aliphatic rings. The molecule has 0 aliphatic heterocycles. The number of hydrogen-bond acceptors (Lipinski definition) is 2. The third kappa shape index (κ3) is 2.07. The maximum absolute atomic E-state index is 13.6. The van der Waals surface area contributed by atoms with E-state index in [0.29, 0.717) is 15.8 Å². The fourth-order valence-corrected chi connectivity index (χ4v) is 1.62. The highest BCUT2D eigenvalue weighted by Crippen LogP contribution is 2.32. The second-order valence-corrected chi connectivity index (χ2v) is 3.92. The van der Waals surface area contributed by atoms with Gasteiger partial charge in [-0.3, -0.25) is 0 Å². The molecule has 0 heterocycles. The van der Waals surface area contributed by atoms with Crippen molar-refractivity contribution in [2.24, 2.45) is 0 Å². The molecule has 1 N–H and O–H groups in total. The predicted molar refractivity (Wildman–Crippen MR) is 56.2 cm³/mol. The highest BCUT2D eigenvalue weighted by Gasteiger charge is 2.18. The summed E-state index contributed by atoms with van der Waals surface area (Å²) in [5.41, 5.74) is 0.407. The lowest BCUT2D eigenvalue weighted by atomic mass is 10.0. The fraction of sp³-hybridized carbons (Fsp3) is 0.400. The smallest absolute Gasteiger partial charge is 0.144 e. The molecule has 0 spiro atoms. The third-order valence-electron chi connectivity index (χ3n) is 2.08. The van der Waals surface area contributed by atoms with Crippen LogP contribution < -0.4 is 4.74 Å². The molecule has 0 saturated heterocycles. The highest BCUT2D eigenvalue weighted by atomic mass is 79.9. The number of hydrogen-bond donors (Lipinski definition) is 1. The van der Waals surface area contributed by atoms with E-state index in [2.05, 4.69) is 15.9 Å². The fourth-order valence-electron chi connectivity index (χ4n) is 1.28. The molecular weight excluding hydrogens is 251 g/mol. The van der Waals surface area contributed by atoms with E-state index in [0.717, 1.165) is 0 Å². The summed E-state index contributed by atoms with van der Waals surface area (Å²) in [6.07, 6.45) is 0. The predicted octanol–water partition coefficient (Wildman–Crippen LogP) is 2.69. The molecule has 0 fully saturated rings. The van der Waals surface area contributed by atoms with Crippen molar-refractivity contribution in [2.45, 2.75) is 12.8 Å². The van der Waals surface area contributed by atoms with E-state index < -0.39 is 0 Å². The summed E-state index contributed by atoms with van der Waals surface area (Å²) < 4.78 is 19.1. The van der Waals surface area contributed by atoms with Gasteiger partial charge < -0.3 is 9.84 Å². The lowest BCUT2D eigenvalue weighted by Gasteiger charge is -2.15. The van der Waals surface area contributed by atoms with Crippen LogP contribution in [0.2, 0.25) is 0 Å². The van der Waals surface area contributed by atoms with Crippen molar-refractivity contribution in [1.82, 2.24) is 0 Å². The molecule has 0 radical (unpaired) electrons. The Balaban J connectivity index is 3.27. The van der Waals surface area contributed by atoms with Gasteiger partial charge >= 0.3 is 0 Å². The summed E-state index contributed by atoms with van der Waals surface area (Å²) in [6, 6.07) is 3.26. The van der Waals surface area contributed by atoms with Gasteiger partial charge in [-0.2, -0.15) is 0 Å². The van der Waals surface area contributed by atoms with Gasteiger partial charge in [-0.15, -0.1) is 0 Å². The zero-order valence-corrected chi connectivity index (χ0v) is 9.64. The maximum atomic E-state index is 13.6. The molecule has 0 saturated carbocycles. The first-order chi connectivity index (χ1) is 6.61. The Bertz CT molecular complexity index is 328. The molecule has 2 nitrogen and oxygen atoms in total. The number of ether oxygens (including phenoxy) is 1. The van der Waals surface area contributed by atoms with Gasteiger partial charge in [0.15, 0.2) is 0 Å². The van der Waals surface area contributed by atoms with Crippen LogP contribution in [-0.2, 0) is 0 Å². The summed E-state index contributed by atoms with van der Waals surface area (Å²) >= 11 is 3.09. The number of benzene rings is 1. The van der Waals surface area contributed by atoms with Gasteiger partial charge in [0.25, 0.3) is 0 Å². The molecule has 1 aromatic rings. The first-order valence-corrected chi connectivity index (χ1v) is 5.03. The first-order valence-electron chi connectivity index (χ1n) is 4.24. The molecule has 0 aliphatic carbocycles. The average molecular weight is 263 g/mol. The molecule has 14 heavy (non-hydrogen) atoms. The highest BCUT2D eigenvalue weighted by molar-refractivity contribution is 9.10. The van der Waals surface area contributed by atoms with Crippen LogP contribution in [0, 0.1) is 5.82 Å². The Hall–Kier alpha value is -0.610. The van der Waals surface area contributed by atoms with Gasteiger partial charge in [0.05, 0.1) is 11.6 Å². The van der Waals surface area contributed by atoms with E-state index >= 15 is 0 Å². The minimum atomic E-state index is -0.370. The minimum absolute atomic E-state index is 0.107. The van der Waals surface area contributed by atoms with Crippen LogP contribution in [-0.4, -0.2) is 18.8 Å². The SMILES string of the molecule is COc1ccc(Br)c(F)c1C(C)CO. The van der Waals surface area contributed by atoms with E-state index in [1.807, 2.05) is 0 Å². The number of halogens is 2. The van der Waals surface area contributed by atoms with Crippen LogP contribution in [0.4, 0.5) is 4.39 Å². The number of methoxy groups -OCH3 is 1. The second kappa shape index (κ2) is 4.75. The molecule has 1 rings (SSSR count). The van der Waals surface area contributed by atoms with Crippen molar-refractivity contribution >= 4 is 15.9 Å². The standard InChI is InChI=1S/C10H12BrFO2/c1-6(5-13)9-8(14-2)4-3-7(11)10(9)12/h3-4,6,13H,5H2,1-2H3.